The molecule has 0 spiro atoms. The lowest BCUT2D eigenvalue weighted by molar-refractivity contribution is 0.624. The largest absolute Gasteiger partial charge is 0.313 e. The molecule has 1 unspecified atom stereocenters. The van der Waals surface area contributed by atoms with E-state index in [2.05, 4.69) is 10.4 Å². The monoisotopic (exact) mass is 233 g/mol. The second-order valence-electron chi connectivity index (χ2n) is 4.06. The number of halogens is 1. The molecule has 0 aliphatic carbocycles. The van der Waals surface area contributed by atoms with Crippen molar-refractivity contribution in [2.75, 3.05) is 7.05 Å². The highest BCUT2D eigenvalue weighted by molar-refractivity contribution is 5.64. The van der Waals surface area contributed by atoms with E-state index in [1.807, 2.05) is 27.1 Å². The predicted molar refractivity (Wildman–Crippen MR) is 66.1 cm³/mol. The van der Waals surface area contributed by atoms with Crippen LogP contribution in [0.15, 0.2) is 30.5 Å². The van der Waals surface area contributed by atoms with Crippen LogP contribution in [-0.2, 0) is 7.05 Å². The highest BCUT2D eigenvalue weighted by atomic mass is 19.1. The van der Waals surface area contributed by atoms with Crippen molar-refractivity contribution < 1.29 is 4.39 Å². The Morgan fingerprint density at radius 2 is 2.06 bits per heavy atom. The Morgan fingerprint density at radius 1 is 1.35 bits per heavy atom. The van der Waals surface area contributed by atoms with Crippen LogP contribution in [0.5, 0.6) is 0 Å². The van der Waals surface area contributed by atoms with Crippen LogP contribution in [-0.4, -0.2) is 16.8 Å². The molecule has 0 bridgehead atoms. The Balaban J connectivity index is 2.59. The molecule has 0 saturated heterocycles. The molecule has 1 aromatic heterocycles. The Bertz CT molecular complexity index is 519. The Kier molecular flexibility index (Phi) is 3.24. The first-order valence-electron chi connectivity index (χ1n) is 5.59. The summed E-state index contributed by atoms with van der Waals surface area (Å²) in [5.74, 6) is -0.222. The SMILES string of the molecule is CNC(C)c1cnn(C)c1-c1ccccc1F. The summed E-state index contributed by atoms with van der Waals surface area (Å²) in [6, 6.07) is 6.91. The molecule has 3 nitrogen and oxygen atoms in total. The Labute approximate surface area is 100 Å². The molecule has 4 heteroatoms. The summed E-state index contributed by atoms with van der Waals surface area (Å²) < 4.78 is 15.5. The third kappa shape index (κ3) is 2.08. The Morgan fingerprint density at radius 3 is 2.71 bits per heavy atom. The fourth-order valence-corrected chi connectivity index (χ4v) is 1.91. The van der Waals surface area contributed by atoms with E-state index in [0.29, 0.717) is 5.56 Å². The number of rotatable bonds is 3. The molecule has 1 N–H and O–H groups in total. The average molecular weight is 233 g/mol. The maximum absolute atomic E-state index is 13.8. The molecule has 17 heavy (non-hydrogen) atoms. The quantitative estimate of drug-likeness (QED) is 0.882. The van der Waals surface area contributed by atoms with Crippen LogP contribution < -0.4 is 5.32 Å². The first-order chi connectivity index (χ1) is 8.15. The molecule has 1 heterocycles. The molecule has 90 valence electrons. The third-order valence-electron chi connectivity index (χ3n) is 3.00. The first-order valence-corrected chi connectivity index (χ1v) is 5.59. The van der Waals surface area contributed by atoms with E-state index in [9.17, 15) is 4.39 Å². The van der Waals surface area contributed by atoms with Gasteiger partial charge in [-0.1, -0.05) is 12.1 Å². The third-order valence-corrected chi connectivity index (χ3v) is 3.00. The molecule has 1 atom stereocenters. The van der Waals surface area contributed by atoms with E-state index in [-0.39, 0.29) is 11.9 Å². The van der Waals surface area contributed by atoms with Gasteiger partial charge in [0.15, 0.2) is 0 Å². The summed E-state index contributed by atoms with van der Waals surface area (Å²) in [4.78, 5) is 0. The van der Waals surface area contributed by atoms with Crippen LogP contribution in [0.1, 0.15) is 18.5 Å². The van der Waals surface area contributed by atoms with Gasteiger partial charge in [0.05, 0.1) is 11.9 Å². The number of aryl methyl sites for hydroxylation is 1. The molecule has 0 saturated carbocycles. The van der Waals surface area contributed by atoms with Gasteiger partial charge in [-0.25, -0.2) is 4.39 Å². The van der Waals surface area contributed by atoms with Crippen LogP contribution in [0.2, 0.25) is 0 Å². The zero-order valence-corrected chi connectivity index (χ0v) is 10.2. The average Bonchev–Trinajstić information content (AvgIpc) is 2.71. The minimum Gasteiger partial charge on any atom is -0.313 e. The van der Waals surface area contributed by atoms with Crippen LogP contribution in [0, 0.1) is 5.82 Å². The lowest BCUT2D eigenvalue weighted by atomic mass is 10.0. The van der Waals surface area contributed by atoms with E-state index in [1.54, 1.807) is 23.0 Å². The fourth-order valence-electron chi connectivity index (χ4n) is 1.91. The van der Waals surface area contributed by atoms with Gasteiger partial charge in [0.25, 0.3) is 0 Å². The van der Waals surface area contributed by atoms with Crippen molar-refractivity contribution in [3.63, 3.8) is 0 Å². The molecular weight excluding hydrogens is 217 g/mol. The molecule has 0 aliphatic rings. The van der Waals surface area contributed by atoms with E-state index < -0.39 is 0 Å². The van der Waals surface area contributed by atoms with Crippen molar-refractivity contribution in [3.05, 3.63) is 41.8 Å². The second kappa shape index (κ2) is 4.67. The van der Waals surface area contributed by atoms with Crippen LogP contribution >= 0.6 is 0 Å². The van der Waals surface area contributed by atoms with Crippen LogP contribution in [0.25, 0.3) is 11.3 Å². The number of nitrogens with zero attached hydrogens (tertiary/aromatic N) is 2. The van der Waals surface area contributed by atoms with Crippen molar-refractivity contribution in [3.8, 4) is 11.3 Å². The fraction of sp³-hybridized carbons (Fsp3) is 0.308. The lowest BCUT2D eigenvalue weighted by Gasteiger charge is -2.12. The Hall–Kier alpha value is -1.68. The molecule has 2 rings (SSSR count). The second-order valence-corrected chi connectivity index (χ2v) is 4.06. The first kappa shape index (κ1) is 11.8. The molecule has 0 fully saturated rings. The predicted octanol–water partition coefficient (Wildman–Crippen LogP) is 2.51. The van der Waals surface area contributed by atoms with Gasteiger partial charge >= 0.3 is 0 Å². The van der Waals surface area contributed by atoms with E-state index in [4.69, 9.17) is 0 Å². The lowest BCUT2D eigenvalue weighted by Crippen LogP contribution is -2.13. The maximum atomic E-state index is 13.8. The van der Waals surface area contributed by atoms with Gasteiger partial charge in [0.1, 0.15) is 5.82 Å². The minimum atomic E-state index is -0.222. The van der Waals surface area contributed by atoms with E-state index >= 15 is 0 Å². The molecule has 2 aromatic rings. The van der Waals surface area contributed by atoms with Crippen molar-refractivity contribution in [1.29, 1.82) is 0 Å². The summed E-state index contributed by atoms with van der Waals surface area (Å²) in [6.45, 7) is 2.03. The summed E-state index contributed by atoms with van der Waals surface area (Å²) >= 11 is 0. The van der Waals surface area contributed by atoms with Gasteiger partial charge in [0.2, 0.25) is 0 Å². The van der Waals surface area contributed by atoms with Crippen LogP contribution in [0.4, 0.5) is 4.39 Å². The summed E-state index contributed by atoms with van der Waals surface area (Å²) in [5, 5.41) is 7.36. The molecule has 0 aliphatic heterocycles. The van der Waals surface area contributed by atoms with Crippen molar-refractivity contribution in [2.45, 2.75) is 13.0 Å². The van der Waals surface area contributed by atoms with Crippen molar-refractivity contribution >= 4 is 0 Å². The smallest absolute Gasteiger partial charge is 0.132 e. The van der Waals surface area contributed by atoms with E-state index in [1.165, 1.54) is 6.07 Å². The van der Waals surface area contributed by atoms with Gasteiger partial charge in [-0.05, 0) is 26.1 Å². The van der Waals surface area contributed by atoms with Crippen molar-refractivity contribution in [2.24, 2.45) is 7.05 Å². The standard InChI is InChI=1S/C13H16FN3/c1-9(15-2)11-8-16-17(3)13(11)10-6-4-5-7-12(10)14/h4-9,15H,1-3H3. The highest BCUT2D eigenvalue weighted by Gasteiger charge is 2.17. The molecule has 0 amide bonds. The van der Waals surface area contributed by atoms with Crippen molar-refractivity contribution in [1.82, 2.24) is 15.1 Å². The van der Waals surface area contributed by atoms with Gasteiger partial charge in [-0.2, -0.15) is 5.10 Å². The number of nitrogens with one attached hydrogen (secondary N) is 1. The topological polar surface area (TPSA) is 29.9 Å². The number of aromatic nitrogens is 2. The zero-order chi connectivity index (χ0) is 12.4. The van der Waals surface area contributed by atoms with Gasteiger partial charge < -0.3 is 5.32 Å². The molecule has 0 radical (unpaired) electrons. The highest BCUT2D eigenvalue weighted by Crippen LogP contribution is 2.29. The van der Waals surface area contributed by atoms with Gasteiger partial charge in [0, 0.05) is 24.2 Å². The number of hydrogen-bond acceptors (Lipinski definition) is 2. The summed E-state index contributed by atoms with van der Waals surface area (Å²) in [5.41, 5.74) is 2.41. The van der Waals surface area contributed by atoms with E-state index in [0.717, 1.165) is 11.3 Å². The maximum Gasteiger partial charge on any atom is 0.132 e. The molecular formula is C13H16FN3. The normalized spacial score (nSPS) is 12.7. The summed E-state index contributed by atoms with van der Waals surface area (Å²) in [7, 11) is 3.70. The zero-order valence-electron chi connectivity index (χ0n) is 10.2. The van der Waals surface area contributed by atoms with Crippen LogP contribution in [0.3, 0.4) is 0 Å². The number of hydrogen-bond donors (Lipinski definition) is 1. The minimum absolute atomic E-state index is 0.137. The molecule has 1 aromatic carbocycles. The van der Waals surface area contributed by atoms with Gasteiger partial charge in [-0.3, -0.25) is 4.68 Å². The summed E-state index contributed by atoms with van der Waals surface area (Å²) in [6.07, 6.45) is 1.78. The van der Waals surface area contributed by atoms with Gasteiger partial charge in [-0.15, -0.1) is 0 Å². The number of benzene rings is 1.